The highest BCUT2D eigenvalue weighted by Gasteiger charge is 2.17. The van der Waals surface area contributed by atoms with Crippen molar-refractivity contribution < 1.29 is 14.3 Å². The summed E-state index contributed by atoms with van der Waals surface area (Å²) in [4.78, 5) is 14.4. The molecule has 0 saturated carbocycles. The molecule has 0 radical (unpaired) electrons. The minimum Gasteiger partial charge on any atom is -0.454 e. The number of likely N-dealkylation sites (N-methyl/N-ethyl adjacent to an activating group) is 1. The molecule has 1 aliphatic rings. The Balaban J connectivity index is 1.99. The third-order valence-corrected chi connectivity index (χ3v) is 3.34. The number of Topliss-reactive ketones (excluding diaryl/α,β-unsaturated/α-hetero) is 1. The zero-order valence-corrected chi connectivity index (χ0v) is 11.6. The predicted octanol–water partition coefficient (Wildman–Crippen LogP) is 2.72. The lowest BCUT2D eigenvalue weighted by atomic mass is 10.1. The average Bonchev–Trinajstić information content (AvgIpc) is 2.90. The van der Waals surface area contributed by atoms with Gasteiger partial charge in [0.15, 0.2) is 17.3 Å². The zero-order chi connectivity index (χ0) is 13.7. The van der Waals surface area contributed by atoms with E-state index in [1.807, 2.05) is 6.07 Å². The fraction of sp³-hybridized carbons (Fsp3) is 0.533. The Morgan fingerprint density at radius 1 is 1.26 bits per heavy atom. The largest absolute Gasteiger partial charge is 0.454 e. The molecule has 4 nitrogen and oxygen atoms in total. The van der Waals surface area contributed by atoms with E-state index in [1.54, 1.807) is 12.1 Å². The molecule has 1 heterocycles. The van der Waals surface area contributed by atoms with Crippen molar-refractivity contribution in [3.8, 4) is 11.5 Å². The number of fused-ring (bicyclic) bond motifs is 1. The fourth-order valence-corrected chi connectivity index (χ4v) is 2.10. The van der Waals surface area contributed by atoms with Crippen LogP contribution in [0.15, 0.2) is 18.2 Å². The van der Waals surface area contributed by atoms with Gasteiger partial charge in [0, 0.05) is 5.56 Å². The van der Waals surface area contributed by atoms with Gasteiger partial charge in [0.25, 0.3) is 0 Å². The smallest absolute Gasteiger partial charge is 0.231 e. The number of hydrogen-bond acceptors (Lipinski definition) is 4. The Kier molecular flexibility index (Phi) is 4.80. The molecule has 0 atom stereocenters. The van der Waals surface area contributed by atoms with Crippen LogP contribution in [0.1, 0.15) is 37.0 Å². The van der Waals surface area contributed by atoms with Crippen LogP contribution in [0.2, 0.25) is 0 Å². The van der Waals surface area contributed by atoms with Gasteiger partial charge in [-0.25, -0.2) is 0 Å². The Morgan fingerprint density at radius 2 is 2.05 bits per heavy atom. The first-order valence-corrected chi connectivity index (χ1v) is 6.89. The van der Waals surface area contributed by atoms with Gasteiger partial charge in [-0.2, -0.15) is 0 Å². The van der Waals surface area contributed by atoms with Crippen molar-refractivity contribution in [2.45, 2.75) is 26.7 Å². The van der Waals surface area contributed by atoms with Crippen LogP contribution in [0.25, 0.3) is 0 Å². The standard InChI is InChI=1S/C15H21NO3/c1-3-5-8-16(4-2)10-13(17)12-6-7-14-15(9-12)19-11-18-14/h6-7,9H,3-5,8,10-11H2,1-2H3. The van der Waals surface area contributed by atoms with Crippen molar-refractivity contribution in [3.63, 3.8) is 0 Å². The molecule has 1 aromatic carbocycles. The van der Waals surface area contributed by atoms with Crippen LogP contribution in [0.5, 0.6) is 11.5 Å². The van der Waals surface area contributed by atoms with Crippen molar-refractivity contribution in [2.75, 3.05) is 26.4 Å². The third-order valence-electron chi connectivity index (χ3n) is 3.34. The van der Waals surface area contributed by atoms with Gasteiger partial charge in [0.2, 0.25) is 6.79 Å². The lowest BCUT2D eigenvalue weighted by molar-refractivity contribution is 0.0932. The number of ether oxygens (including phenoxy) is 2. The number of nitrogens with zero attached hydrogens (tertiary/aromatic N) is 1. The molecular formula is C15H21NO3. The minimum absolute atomic E-state index is 0.135. The molecular weight excluding hydrogens is 242 g/mol. The van der Waals surface area contributed by atoms with Crippen LogP contribution in [-0.4, -0.2) is 37.1 Å². The van der Waals surface area contributed by atoms with Gasteiger partial charge in [-0.15, -0.1) is 0 Å². The molecule has 1 aliphatic heterocycles. The molecule has 0 aromatic heterocycles. The van der Waals surface area contributed by atoms with E-state index in [0.717, 1.165) is 31.7 Å². The molecule has 0 saturated heterocycles. The number of carbonyl (C=O) groups is 1. The van der Waals surface area contributed by atoms with Gasteiger partial charge in [-0.1, -0.05) is 20.3 Å². The van der Waals surface area contributed by atoms with Gasteiger partial charge >= 0.3 is 0 Å². The van der Waals surface area contributed by atoms with E-state index in [2.05, 4.69) is 18.7 Å². The van der Waals surface area contributed by atoms with Crippen molar-refractivity contribution >= 4 is 5.78 Å². The number of rotatable bonds is 7. The van der Waals surface area contributed by atoms with Crippen LogP contribution in [0, 0.1) is 0 Å². The molecule has 0 spiro atoms. The van der Waals surface area contributed by atoms with Crippen LogP contribution in [0.4, 0.5) is 0 Å². The normalized spacial score (nSPS) is 13.0. The van der Waals surface area contributed by atoms with Gasteiger partial charge < -0.3 is 9.47 Å². The summed E-state index contributed by atoms with van der Waals surface area (Å²) in [5.74, 6) is 1.52. The van der Waals surface area contributed by atoms with E-state index in [1.165, 1.54) is 0 Å². The summed E-state index contributed by atoms with van der Waals surface area (Å²) in [6.45, 7) is 6.83. The number of hydrogen-bond donors (Lipinski definition) is 0. The number of ketones is 1. The Bertz CT molecular complexity index is 445. The second-order valence-corrected chi connectivity index (χ2v) is 4.71. The summed E-state index contributed by atoms with van der Waals surface area (Å²) in [6.07, 6.45) is 2.27. The van der Waals surface area contributed by atoms with Crippen LogP contribution in [-0.2, 0) is 0 Å². The van der Waals surface area contributed by atoms with Gasteiger partial charge in [0.1, 0.15) is 0 Å². The Labute approximate surface area is 114 Å². The minimum atomic E-state index is 0.135. The Hall–Kier alpha value is -1.55. The maximum atomic E-state index is 12.2. The maximum absolute atomic E-state index is 12.2. The first-order chi connectivity index (χ1) is 9.24. The quantitative estimate of drug-likeness (QED) is 0.709. The fourth-order valence-electron chi connectivity index (χ4n) is 2.10. The zero-order valence-electron chi connectivity index (χ0n) is 11.6. The SMILES string of the molecule is CCCCN(CC)CC(=O)c1ccc2c(c1)OCO2. The first kappa shape index (κ1) is 13.9. The topological polar surface area (TPSA) is 38.8 Å². The maximum Gasteiger partial charge on any atom is 0.231 e. The summed E-state index contributed by atoms with van der Waals surface area (Å²) in [5.41, 5.74) is 0.694. The lowest BCUT2D eigenvalue weighted by Crippen LogP contribution is -2.30. The highest BCUT2D eigenvalue weighted by atomic mass is 16.7. The van der Waals surface area contributed by atoms with Crippen LogP contribution >= 0.6 is 0 Å². The Morgan fingerprint density at radius 3 is 2.79 bits per heavy atom. The van der Waals surface area contributed by atoms with Crippen molar-refractivity contribution in [1.29, 1.82) is 0 Å². The number of benzene rings is 1. The molecule has 1 aromatic rings. The lowest BCUT2D eigenvalue weighted by Gasteiger charge is -2.19. The highest BCUT2D eigenvalue weighted by molar-refractivity contribution is 5.98. The summed E-state index contributed by atoms with van der Waals surface area (Å²) >= 11 is 0. The van der Waals surface area contributed by atoms with Gasteiger partial charge in [-0.05, 0) is 37.7 Å². The van der Waals surface area contributed by atoms with E-state index in [-0.39, 0.29) is 12.6 Å². The van der Waals surface area contributed by atoms with Crippen molar-refractivity contribution in [2.24, 2.45) is 0 Å². The van der Waals surface area contributed by atoms with Gasteiger partial charge in [0.05, 0.1) is 6.54 Å². The molecule has 104 valence electrons. The summed E-state index contributed by atoms with van der Waals surface area (Å²) in [7, 11) is 0. The van der Waals surface area contributed by atoms with Crippen molar-refractivity contribution in [1.82, 2.24) is 4.90 Å². The van der Waals surface area contributed by atoms with E-state index in [4.69, 9.17) is 9.47 Å². The molecule has 0 bridgehead atoms. The van der Waals surface area contributed by atoms with E-state index >= 15 is 0 Å². The molecule has 19 heavy (non-hydrogen) atoms. The molecule has 4 heteroatoms. The molecule has 2 rings (SSSR count). The molecule has 0 fully saturated rings. The number of carbonyl (C=O) groups excluding carboxylic acids is 1. The monoisotopic (exact) mass is 263 g/mol. The van der Waals surface area contributed by atoms with Crippen LogP contribution < -0.4 is 9.47 Å². The van der Waals surface area contributed by atoms with Crippen molar-refractivity contribution in [3.05, 3.63) is 23.8 Å². The summed E-state index contributed by atoms with van der Waals surface area (Å²) < 4.78 is 10.5. The molecule has 0 amide bonds. The van der Waals surface area contributed by atoms with E-state index in [9.17, 15) is 4.79 Å². The highest BCUT2D eigenvalue weighted by Crippen LogP contribution is 2.32. The predicted molar refractivity (Wildman–Crippen MR) is 73.9 cm³/mol. The average molecular weight is 263 g/mol. The van der Waals surface area contributed by atoms with Gasteiger partial charge in [-0.3, -0.25) is 9.69 Å². The molecule has 0 unspecified atom stereocenters. The van der Waals surface area contributed by atoms with E-state index < -0.39 is 0 Å². The first-order valence-electron chi connectivity index (χ1n) is 6.89. The van der Waals surface area contributed by atoms with E-state index in [0.29, 0.717) is 17.9 Å². The van der Waals surface area contributed by atoms with Crippen LogP contribution in [0.3, 0.4) is 0 Å². The number of unbranched alkanes of at least 4 members (excludes halogenated alkanes) is 1. The molecule has 0 N–H and O–H groups in total. The summed E-state index contributed by atoms with van der Waals surface area (Å²) in [6, 6.07) is 5.39. The second-order valence-electron chi connectivity index (χ2n) is 4.71. The molecule has 0 aliphatic carbocycles. The second kappa shape index (κ2) is 6.57. The third kappa shape index (κ3) is 3.47. The summed E-state index contributed by atoms with van der Waals surface area (Å²) in [5, 5.41) is 0.